The maximum absolute atomic E-state index is 12.1. The molecule has 0 bridgehead atoms. The van der Waals surface area contributed by atoms with Crippen LogP contribution in [0.3, 0.4) is 0 Å². The van der Waals surface area contributed by atoms with E-state index in [-0.39, 0.29) is 10.8 Å². The van der Waals surface area contributed by atoms with E-state index in [9.17, 15) is 4.21 Å². The van der Waals surface area contributed by atoms with E-state index < -0.39 is 11.0 Å². The Balaban J connectivity index is 2.12. The number of rotatable bonds is 4. The second-order valence-corrected chi connectivity index (χ2v) is 9.04. The predicted octanol–water partition coefficient (Wildman–Crippen LogP) is 3.63. The normalized spacial score (nSPS) is 14.9. The molecule has 0 aliphatic heterocycles. The SMILES string of the molecule is Cc1ccc(-c2ncc([C@H](C)N[S@@](=O)C(C)(C)C)s2)cn1. The molecular formula is C15H21N3OS2. The number of thiazole rings is 1. The molecule has 0 aromatic carbocycles. The molecule has 0 fully saturated rings. The summed E-state index contributed by atoms with van der Waals surface area (Å²) >= 11 is 1.60. The third-order valence-corrected chi connectivity index (χ3v) is 5.86. The van der Waals surface area contributed by atoms with Gasteiger partial charge in [-0.2, -0.15) is 0 Å². The van der Waals surface area contributed by atoms with E-state index in [4.69, 9.17) is 0 Å². The molecule has 0 radical (unpaired) electrons. The Kier molecular flexibility index (Phi) is 4.91. The molecule has 2 aromatic rings. The maximum Gasteiger partial charge on any atom is 0.125 e. The number of hydrogen-bond acceptors (Lipinski definition) is 4. The average Bonchev–Trinajstić information content (AvgIpc) is 2.88. The number of nitrogens with one attached hydrogen (secondary N) is 1. The molecule has 6 heteroatoms. The number of aryl methyl sites for hydroxylation is 1. The van der Waals surface area contributed by atoms with Gasteiger partial charge >= 0.3 is 0 Å². The van der Waals surface area contributed by atoms with Gasteiger partial charge in [0.05, 0.1) is 21.8 Å². The first kappa shape index (κ1) is 16.3. The lowest BCUT2D eigenvalue weighted by Crippen LogP contribution is -2.34. The van der Waals surface area contributed by atoms with Crippen molar-refractivity contribution < 1.29 is 4.21 Å². The molecule has 2 atom stereocenters. The summed E-state index contributed by atoms with van der Waals surface area (Å²) in [5, 5.41) is 0.938. The molecule has 0 saturated heterocycles. The van der Waals surface area contributed by atoms with Gasteiger partial charge in [0, 0.05) is 28.5 Å². The summed E-state index contributed by atoms with van der Waals surface area (Å²) in [6.07, 6.45) is 3.68. The third kappa shape index (κ3) is 4.18. The van der Waals surface area contributed by atoms with Gasteiger partial charge in [-0.25, -0.2) is 13.9 Å². The third-order valence-electron chi connectivity index (χ3n) is 2.95. The molecule has 0 saturated carbocycles. The summed E-state index contributed by atoms with van der Waals surface area (Å²) in [7, 11) is -1.09. The van der Waals surface area contributed by atoms with Gasteiger partial charge in [0.25, 0.3) is 0 Å². The fourth-order valence-electron chi connectivity index (χ4n) is 1.61. The van der Waals surface area contributed by atoms with Crippen LogP contribution in [-0.4, -0.2) is 18.9 Å². The maximum atomic E-state index is 12.1. The summed E-state index contributed by atoms with van der Waals surface area (Å²) in [6.45, 7) is 9.84. The zero-order valence-corrected chi connectivity index (χ0v) is 14.6. The Morgan fingerprint density at radius 3 is 2.52 bits per heavy atom. The Labute approximate surface area is 132 Å². The van der Waals surface area contributed by atoms with E-state index in [1.165, 1.54) is 0 Å². The number of pyridine rings is 1. The molecule has 0 amide bonds. The van der Waals surface area contributed by atoms with Crippen LogP contribution in [0.2, 0.25) is 0 Å². The fraction of sp³-hybridized carbons (Fsp3) is 0.467. The second-order valence-electron chi connectivity index (χ2n) is 5.98. The lowest BCUT2D eigenvalue weighted by atomic mass is 10.3. The van der Waals surface area contributed by atoms with Crippen molar-refractivity contribution in [1.29, 1.82) is 0 Å². The molecule has 1 N–H and O–H groups in total. The Morgan fingerprint density at radius 2 is 1.95 bits per heavy atom. The molecule has 4 nitrogen and oxygen atoms in total. The minimum Gasteiger partial charge on any atom is -0.261 e. The van der Waals surface area contributed by atoms with Crippen molar-refractivity contribution in [1.82, 2.24) is 14.7 Å². The monoisotopic (exact) mass is 323 g/mol. The van der Waals surface area contributed by atoms with Gasteiger partial charge in [0.15, 0.2) is 0 Å². The van der Waals surface area contributed by atoms with E-state index in [1.54, 1.807) is 11.3 Å². The molecule has 114 valence electrons. The van der Waals surface area contributed by atoms with Crippen LogP contribution in [0.5, 0.6) is 0 Å². The van der Waals surface area contributed by atoms with E-state index in [1.807, 2.05) is 59.1 Å². The van der Waals surface area contributed by atoms with Gasteiger partial charge in [-0.15, -0.1) is 11.3 Å². The summed E-state index contributed by atoms with van der Waals surface area (Å²) in [4.78, 5) is 9.81. The first-order chi connectivity index (χ1) is 9.77. The molecule has 0 aliphatic rings. The highest BCUT2D eigenvalue weighted by molar-refractivity contribution is 7.84. The lowest BCUT2D eigenvalue weighted by Gasteiger charge is -2.21. The van der Waals surface area contributed by atoms with Crippen molar-refractivity contribution in [3.8, 4) is 10.6 Å². The van der Waals surface area contributed by atoms with Crippen LogP contribution in [0.1, 0.15) is 44.3 Å². The standard InChI is InChI=1S/C15H21N3OS2/c1-10-6-7-12(8-16-10)14-17-9-13(20-14)11(2)18-21(19)15(3,4)5/h6-9,11,18H,1-5H3/t11-,21-/m0/s1. The van der Waals surface area contributed by atoms with Gasteiger partial charge in [-0.05, 0) is 46.8 Å². The summed E-state index contributed by atoms with van der Waals surface area (Å²) < 4.78 is 15.0. The largest absolute Gasteiger partial charge is 0.261 e. The molecule has 0 aliphatic carbocycles. The second kappa shape index (κ2) is 6.34. The van der Waals surface area contributed by atoms with E-state index in [2.05, 4.69) is 14.7 Å². The van der Waals surface area contributed by atoms with Crippen molar-refractivity contribution in [2.24, 2.45) is 0 Å². The summed E-state index contributed by atoms with van der Waals surface area (Å²) in [6, 6.07) is 4.01. The quantitative estimate of drug-likeness (QED) is 0.935. The van der Waals surface area contributed by atoms with Crippen LogP contribution in [0.4, 0.5) is 0 Å². The van der Waals surface area contributed by atoms with Gasteiger partial charge < -0.3 is 0 Å². The smallest absolute Gasteiger partial charge is 0.125 e. The fourth-order valence-corrected chi connectivity index (χ4v) is 3.39. The summed E-state index contributed by atoms with van der Waals surface area (Å²) in [5.74, 6) is 0. The van der Waals surface area contributed by atoms with E-state index in [0.717, 1.165) is 21.1 Å². The molecule has 21 heavy (non-hydrogen) atoms. The van der Waals surface area contributed by atoms with Gasteiger partial charge in [-0.3, -0.25) is 4.98 Å². The Bertz CT molecular complexity index is 629. The zero-order valence-electron chi connectivity index (χ0n) is 13.0. The molecule has 0 unspecified atom stereocenters. The number of aromatic nitrogens is 2. The molecule has 2 aromatic heterocycles. The van der Waals surface area contributed by atoms with Crippen molar-refractivity contribution in [3.05, 3.63) is 35.1 Å². The molecule has 2 rings (SSSR count). The van der Waals surface area contributed by atoms with Crippen LogP contribution < -0.4 is 4.72 Å². The van der Waals surface area contributed by atoms with E-state index >= 15 is 0 Å². The summed E-state index contributed by atoms with van der Waals surface area (Å²) in [5.41, 5.74) is 2.01. The zero-order chi connectivity index (χ0) is 15.6. The van der Waals surface area contributed by atoms with E-state index in [0.29, 0.717) is 0 Å². The predicted molar refractivity (Wildman–Crippen MR) is 89.5 cm³/mol. The highest BCUT2D eigenvalue weighted by Crippen LogP contribution is 2.29. The van der Waals surface area contributed by atoms with Crippen molar-refractivity contribution in [3.63, 3.8) is 0 Å². The van der Waals surface area contributed by atoms with Crippen LogP contribution in [0.15, 0.2) is 24.5 Å². The highest BCUT2D eigenvalue weighted by atomic mass is 32.2. The minimum atomic E-state index is -1.09. The van der Waals surface area contributed by atoms with Crippen molar-refractivity contribution in [2.75, 3.05) is 0 Å². The van der Waals surface area contributed by atoms with Crippen molar-refractivity contribution >= 4 is 22.3 Å². The number of nitrogens with zero attached hydrogens (tertiary/aromatic N) is 2. The van der Waals surface area contributed by atoms with Gasteiger partial charge in [0.1, 0.15) is 5.01 Å². The highest BCUT2D eigenvalue weighted by Gasteiger charge is 2.22. The van der Waals surface area contributed by atoms with Crippen LogP contribution in [-0.2, 0) is 11.0 Å². The van der Waals surface area contributed by atoms with Crippen LogP contribution in [0, 0.1) is 6.92 Å². The first-order valence-corrected chi connectivity index (χ1v) is 8.81. The molecule has 2 heterocycles. The first-order valence-electron chi connectivity index (χ1n) is 6.84. The van der Waals surface area contributed by atoms with Crippen LogP contribution in [0.25, 0.3) is 10.6 Å². The molecular weight excluding hydrogens is 302 g/mol. The Hall–Kier alpha value is -1.11. The van der Waals surface area contributed by atoms with Gasteiger partial charge in [-0.1, -0.05) is 0 Å². The van der Waals surface area contributed by atoms with Gasteiger partial charge in [0.2, 0.25) is 0 Å². The Morgan fingerprint density at radius 1 is 1.24 bits per heavy atom. The average molecular weight is 323 g/mol. The van der Waals surface area contributed by atoms with Crippen molar-refractivity contribution in [2.45, 2.75) is 45.4 Å². The topological polar surface area (TPSA) is 54.9 Å². The lowest BCUT2D eigenvalue weighted by molar-refractivity contribution is 0.618. The molecule has 0 spiro atoms. The van der Waals surface area contributed by atoms with Crippen LogP contribution >= 0.6 is 11.3 Å². The number of hydrogen-bond donors (Lipinski definition) is 1. The minimum absolute atomic E-state index is 0.00900.